The maximum absolute atomic E-state index is 5.54. The highest BCUT2D eigenvalue weighted by molar-refractivity contribution is 5.80. The zero-order chi connectivity index (χ0) is 15.8. The molecule has 0 bridgehead atoms. The molecule has 1 aliphatic heterocycles. The normalized spacial score (nSPS) is 18.8. The summed E-state index contributed by atoms with van der Waals surface area (Å²) in [5.41, 5.74) is 2.59. The fraction of sp³-hybridized carbons (Fsp3) is 0.647. The Morgan fingerprint density at radius 3 is 3.14 bits per heavy atom. The first-order chi connectivity index (χ1) is 10.7. The molecule has 0 aliphatic carbocycles. The molecule has 1 unspecified atom stereocenters. The van der Waals surface area contributed by atoms with Crippen molar-refractivity contribution in [2.45, 2.75) is 26.7 Å². The zero-order valence-electron chi connectivity index (χ0n) is 14.0. The number of ether oxygens (including phenoxy) is 1. The van der Waals surface area contributed by atoms with E-state index in [4.69, 9.17) is 4.74 Å². The Labute approximate surface area is 133 Å². The van der Waals surface area contributed by atoms with Crippen LogP contribution in [0.2, 0.25) is 0 Å². The highest BCUT2D eigenvalue weighted by Crippen LogP contribution is 2.16. The van der Waals surface area contributed by atoms with Gasteiger partial charge in [-0.3, -0.25) is 9.98 Å². The van der Waals surface area contributed by atoms with E-state index in [-0.39, 0.29) is 0 Å². The van der Waals surface area contributed by atoms with Gasteiger partial charge < -0.3 is 15.0 Å². The van der Waals surface area contributed by atoms with E-state index < -0.39 is 0 Å². The van der Waals surface area contributed by atoms with E-state index in [0.717, 1.165) is 45.2 Å². The second-order valence-corrected chi connectivity index (χ2v) is 5.79. The molecule has 0 radical (unpaired) electrons. The monoisotopic (exact) mass is 304 g/mol. The number of aliphatic imine (C=N–C) groups is 1. The Bertz CT molecular complexity index is 489. The van der Waals surface area contributed by atoms with Gasteiger partial charge in [-0.05, 0) is 43.9 Å². The van der Waals surface area contributed by atoms with Crippen molar-refractivity contribution >= 4 is 5.96 Å². The molecule has 122 valence electrons. The average molecular weight is 304 g/mol. The smallest absolute Gasteiger partial charge is 0.193 e. The van der Waals surface area contributed by atoms with Gasteiger partial charge in [0.1, 0.15) is 0 Å². The van der Waals surface area contributed by atoms with Crippen molar-refractivity contribution in [2.24, 2.45) is 10.9 Å². The number of aryl methyl sites for hydroxylation is 1. The number of nitrogens with zero attached hydrogens (tertiary/aromatic N) is 3. The van der Waals surface area contributed by atoms with Crippen LogP contribution >= 0.6 is 0 Å². The van der Waals surface area contributed by atoms with E-state index in [1.165, 1.54) is 17.5 Å². The van der Waals surface area contributed by atoms with Crippen LogP contribution < -0.4 is 5.32 Å². The summed E-state index contributed by atoms with van der Waals surface area (Å²) in [5.74, 6) is 1.63. The molecule has 0 saturated carbocycles. The van der Waals surface area contributed by atoms with Gasteiger partial charge in [0.25, 0.3) is 0 Å². The Morgan fingerprint density at radius 2 is 2.41 bits per heavy atom. The predicted octanol–water partition coefficient (Wildman–Crippen LogP) is 1.87. The second-order valence-electron chi connectivity index (χ2n) is 5.79. The van der Waals surface area contributed by atoms with Gasteiger partial charge in [0, 0.05) is 51.6 Å². The number of guanidine groups is 1. The highest BCUT2D eigenvalue weighted by atomic mass is 16.5. The average Bonchev–Trinajstić information content (AvgIpc) is 3.00. The Morgan fingerprint density at radius 1 is 1.55 bits per heavy atom. The molecule has 1 aromatic heterocycles. The number of rotatable bonds is 6. The maximum atomic E-state index is 5.54. The molecule has 5 nitrogen and oxygen atoms in total. The quantitative estimate of drug-likeness (QED) is 0.644. The Hall–Kier alpha value is -1.62. The molecule has 2 heterocycles. The summed E-state index contributed by atoms with van der Waals surface area (Å²) < 4.78 is 5.54. The van der Waals surface area contributed by atoms with Crippen LogP contribution in [0.1, 0.15) is 24.5 Å². The van der Waals surface area contributed by atoms with Crippen molar-refractivity contribution in [2.75, 3.05) is 39.9 Å². The molecule has 0 aromatic carbocycles. The molecule has 1 fully saturated rings. The van der Waals surface area contributed by atoms with E-state index in [1.54, 1.807) is 0 Å². The maximum Gasteiger partial charge on any atom is 0.193 e. The molecule has 0 spiro atoms. The van der Waals surface area contributed by atoms with E-state index in [9.17, 15) is 0 Å². The molecule has 5 heteroatoms. The first kappa shape index (κ1) is 16.7. The molecule has 1 N–H and O–H groups in total. The van der Waals surface area contributed by atoms with Gasteiger partial charge in [0.05, 0.1) is 6.61 Å². The largest absolute Gasteiger partial charge is 0.381 e. The molecular formula is C17H28N4O. The summed E-state index contributed by atoms with van der Waals surface area (Å²) in [6.07, 6.45) is 5.95. The van der Waals surface area contributed by atoms with Crippen molar-refractivity contribution < 1.29 is 4.74 Å². The van der Waals surface area contributed by atoms with Gasteiger partial charge in [-0.1, -0.05) is 0 Å². The van der Waals surface area contributed by atoms with Gasteiger partial charge in [-0.15, -0.1) is 0 Å². The van der Waals surface area contributed by atoms with Crippen molar-refractivity contribution in [3.8, 4) is 0 Å². The predicted molar refractivity (Wildman–Crippen MR) is 90.2 cm³/mol. The first-order valence-corrected chi connectivity index (χ1v) is 8.17. The summed E-state index contributed by atoms with van der Waals surface area (Å²) in [6, 6.07) is 2.09. The molecule has 1 atom stereocenters. The van der Waals surface area contributed by atoms with Crippen LogP contribution in [0.4, 0.5) is 0 Å². The number of pyridine rings is 1. The van der Waals surface area contributed by atoms with Gasteiger partial charge in [-0.2, -0.15) is 0 Å². The number of likely N-dealkylation sites (tertiary alicyclic amines) is 1. The fourth-order valence-corrected chi connectivity index (χ4v) is 2.87. The summed E-state index contributed by atoms with van der Waals surface area (Å²) in [4.78, 5) is 10.9. The highest BCUT2D eigenvalue weighted by Gasteiger charge is 2.24. The van der Waals surface area contributed by atoms with Gasteiger partial charge in [-0.25, -0.2) is 0 Å². The van der Waals surface area contributed by atoms with Crippen LogP contribution in [0.15, 0.2) is 23.5 Å². The molecule has 0 amide bonds. The Kier molecular flexibility index (Phi) is 6.65. The summed E-state index contributed by atoms with van der Waals surface area (Å²) in [6.45, 7) is 8.81. The van der Waals surface area contributed by atoms with Gasteiger partial charge in [0.2, 0.25) is 0 Å². The third-order valence-corrected chi connectivity index (χ3v) is 4.17. The van der Waals surface area contributed by atoms with Crippen molar-refractivity contribution in [1.29, 1.82) is 0 Å². The SMILES string of the molecule is CCOCC1CCN(C(=NC)NCCc2ccncc2C)C1. The van der Waals surface area contributed by atoms with Crippen LogP contribution in [0.5, 0.6) is 0 Å². The second kappa shape index (κ2) is 8.73. The topological polar surface area (TPSA) is 49.8 Å². The Balaban J connectivity index is 1.77. The first-order valence-electron chi connectivity index (χ1n) is 8.17. The van der Waals surface area contributed by atoms with E-state index >= 15 is 0 Å². The standard InChI is InChI=1S/C17H28N4O/c1-4-22-13-15-7-10-21(12-15)17(18-3)20-9-6-16-5-8-19-11-14(16)2/h5,8,11,15H,4,6-7,9-10,12-13H2,1-3H3,(H,18,20). The molecular weight excluding hydrogens is 276 g/mol. The lowest BCUT2D eigenvalue weighted by Crippen LogP contribution is -2.41. The number of hydrogen-bond acceptors (Lipinski definition) is 3. The third-order valence-electron chi connectivity index (χ3n) is 4.17. The lowest BCUT2D eigenvalue weighted by molar-refractivity contribution is 0.114. The lowest BCUT2D eigenvalue weighted by Gasteiger charge is -2.22. The summed E-state index contributed by atoms with van der Waals surface area (Å²) in [5, 5.41) is 3.48. The van der Waals surface area contributed by atoms with E-state index in [2.05, 4.69) is 33.2 Å². The van der Waals surface area contributed by atoms with Gasteiger partial charge in [0.15, 0.2) is 5.96 Å². The fourth-order valence-electron chi connectivity index (χ4n) is 2.87. The molecule has 2 rings (SSSR count). The summed E-state index contributed by atoms with van der Waals surface area (Å²) >= 11 is 0. The van der Waals surface area contributed by atoms with Crippen molar-refractivity contribution in [3.05, 3.63) is 29.6 Å². The minimum atomic E-state index is 0.626. The number of aromatic nitrogens is 1. The minimum absolute atomic E-state index is 0.626. The zero-order valence-corrected chi connectivity index (χ0v) is 14.0. The van der Waals surface area contributed by atoms with Crippen LogP contribution in [0.25, 0.3) is 0 Å². The molecule has 1 saturated heterocycles. The lowest BCUT2D eigenvalue weighted by atomic mass is 10.1. The molecule has 22 heavy (non-hydrogen) atoms. The van der Waals surface area contributed by atoms with Crippen LogP contribution in [-0.2, 0) is 11.2 Å². The van der Waals surface area contributed by atoms with E-state index in [1.807, 2.05) is 26.4 Å². The van der Waals surface area contributed by atoms with Crippen molar-refractivity contribution in [3.63, 3.8) is 0 Å². The van der Waals surface area contributed by atoms with Crippen molar-refractivity contribution in [1.82, 2.24) is 15.2 Å². The third kappa shape index (κ3) is 4.70. The number of nitrogens with one attached hydrogen (secondary N) is 1. The minimum Gasteiger partial charge on any atom is -0.381 e. The summed E-state index contributed by atoms with van der Waals surface area (Å²) in [7, 11) is 1.86. The van der Waals surface area contributed by atoms with Gasteiger partial charge >= 0.3 is 0 Å². The number of hydrogen-bond donors (Lipinski definition) is 1. The molecule has 1 aliphatic rings. The molecule has 1 aromatic rings. The van der Waals surface area contributed by atoms with Crippen LogP contribution in [0.3, 0.4) is 0 Å². The van der Waals surface area contributed by atoms with Crippen LogP contribution in [-0.4, -0.2) is 55.7 Å². The van der Waals surface area contributed by atoms with Crippen LogP contribution in [0, 0.1) is 12.8 Å². The van der Waals surface area contributed by atoms with E-state index in [0.29, 0.717) is 5.92 Å².